The van der Waals surface area contributed by atoms with Gasteiger partial charge in [-0.15, -0.1) is 0 Å². The average Bonchev–Trinajstić information content (AvgIpc) is 2.69. The average molecular weight is 381 g/mol. The van der Waals surface area contributed by atoms with Gasteiger partial charge in [-0.05, 0) is 42.0 Å². The van der Waals surface area contributed by atoms with Gasteiger partial charge in [0.1, 0.15) is 0 Å². The number of nitrogens with zero attached hydrogens (tertiary/aromatic N) is 1. The fourth-order valence-corrected chi connectivity index (χ4v) is 3.96. The molecule has 0 saturated carbocycles. The summed E-state index contributed by atoms with van der Waals surface area (Å²) >= 11 is 0. The van der Waals surface area contributed by atoms with Crippen molar-refractivity contribution in [1.29, 1.82) is 0 Å². The molecule has 150 valence electrons. The Hall–Kier alpha value is -2.17. The van der Waals surface area contributed by atoms with E-state index in [2.05, 4.69) is 61.3 Å². The second kappa shape index (κ2) is 9.35. The number of carbonyl (C=O) groups excluding carboxylic acids is 1. The van der Waals surface area contributed by atoms with E-state index in [0.717, 1.165) is 44.8 Å². The Morgan fingerprint density at radius 3 is 2.54 bits per heavy atom. The summed E-state index contributed by atoms with van der Waals surface area (Å²) in [5, 5.41) is 3.18. The van der Waals surface area contributed by atoms with Crippen LogP contribution in [0.2, 0.25) is 0 Å². The zero-order chi connectivity index (χ0) is 20.0. The molecule has 1 fully saturated rings. The van der Waals surface area contributed by atoms with E-state index in [9.17, 15) is 4.79 Å². The van der Waals surface area contributed by atoms with Crippen LogP contribution in [-0.2, 0) is 16.7 Å². The third-order valence-corrected chi connectivity index (χ3v) is 5.45. The minimum Gasteiger partial charge on any atom is -0.379 e. The van der Waals surface area contributed by atoms with Gasteiger partial charge in [0.25, 0.3) is 5.91 Å². The lowest BCUT2D eigenvalue weighted by molar-refractivity contribution is 0.0342. The highest BCUT2D eigenvalue weighted by Crippen LogP contribution is 2.28. The van der Waals surface area contributed by atoms with Crippen LogP contribution in [-0.4, -0.2) is 43.2 Å². The molecular formula is C24H32N2O2. The SMILES string of the molecule is CC(CC(C)(C)c1ccccc1)NC(=O)c1cccc(CN2CCOCC2)c1. The highest BCUT2D eigenvalue weighted by molar-refractivity contribution is 5.94. The van der Waals surface area contributed by atoms with Crippen molar-refractivity contribution in [1.82, 2.24) is 10.2 Å². The maximum Gasteiger partial charge on any atom is 0.251 e. The molecule has 0 aromatic heterocycles. The summed E-state index contributed by atoms with van der Waals surface area (Å²) in [5.41, 5.74) is 3.21. The van der Waals surface area contributed by atoms with Gasteiger partial charge in [0.15, 0.2) is 0 Å². The maximum absolute atomic E-state index is 12.8. The van der Waals surface area contributed by atoms with Crippen LogP contribution in [0.15, 0.2) is 54.6 Å². The van der Waals surface area contributed by atoms with E-state index < -0.39 is 0 Å². The lowest BCUT2D eigenvalue weighted by Crippen LogP contribution is -2.37. The second-order valence-electron chi connectivity index (χ2n) is 8.42. The van der Waals surface area contributed by atoms with Crippen LogP contribution in [0.3, 0.4) is 0 Å². The van der Waals surface area contributed by atoms with Crippen molar-refractivity contribution in [3.63, 3.8) is 0 Å². The third-order valence-electron chi connectivity index (χ3n) is 5.45. The van der Waals surface area contributed by atoms with Crippen molar-refractivity contribution in [3.05, 3.63) is 71.3 Å². The van der Waals surface area contributed by atoms with Gasteiger partial charge in [0.05, 0.1) is 13.2 Å². The Morgan fingerprint density at radius 2 is 1.82 bits per heavy atom. The zero-order valence-electron chi connectivity index (χ0n) is 17.3. The largest absolute Gasteiger partial charge is 0.379 e. The predicted molar refractivity (Wildman–Crippen MR) is 114 cm³/mol. The number of ether oxygens (including phenoxy) is 1. The number of hydrogen-bond donors (Lipinski definition) is 1. The Bertz CT molecular complexity index is 767. The molecule has 1 unspecified atom stereocenters. The van der Waals surface area contributed by atoms with E-state index in [1.807, 2.05) is 24.3 Å². The topological polar surface area (TPSA) is 41.6 Å². The van der Waals surface area contributed by atoms with Crippen molar-refractivity contribution in [3.8, 4) is 0 Å². The molecule has 0 spiro atoms. The van der Waals surface area contributed by atoms with Gasteiger partial charge < -0.3 is 10.1 Å². The number of amides is 1. The van der Waals surface area contributed by atoms with Crippen LogP contribution in [0.25, 0.3) is 0 Å². The van der Waals surface area contributed by atoms with Gasteiger partial charge in [0.2, 0.25) is 0 Å². The van der Waals surface area contributed by atoms with Crippen LogP contribution < -0.4 is 5.32 Å². The van der Waals surface area contributed by atoms with Gasteiger partial charge in [-0.1, -0.05) is 56.3 Å². The Balaban J connectivity index is 1.58. The molecule has 2 aromatic rings. The summed E-state index contributed by atoms with van der Waals surface area (Å²) < 4.78 is 5.41. The molecule has 1 N–H and O–H groups in total. The third kappa shape index (κ3) is 5.66. The zero-order valence-corrected chi connectivity index (χ0v) is 17.3. The second-order valence-corrected chi connectivity index (χ2v) is 8.42. The Kier molecular flexibility index (Phi) is 6.87. The number of morpholine rings is 1. The van der Waals surface area contributed by atoms with Crippen LogP contribution in [0.4, 0.5) is 0 Å². The lowest BCUT2D eigenvalue weighted by atomic mass is 9.79. The first-order chi connectivity index (χ1) is 13.4. The van der Waals surface area contributed by atoms with E-state index in [1.165, 1.54) is 11.1 Å². The molecule has 0 bridgehead atoms. The quantitative estimate of drug-likeness (QED) is 0.789. The standard InChI is InChI=1S/C24H32N2O2/c1-19(17-24(2,3)22-10-5-4-6-11-22)25-23(27)21-9-7-8-20(16-21)18-26-12-14-28-15-13-26/h4-11,16,19H,12-15,17-18H2,1-3H3,(H,25,27). The summed E-state index contributed by atoms with van der Waals surface area (Å²) in [5.74, 6) is 0.000175. The van der Waals surface area contributed by atoms with Crippen LogP contribution in [0, 0.1) is 0 Å². The van der Waals surface area contributed by atoms with Gasteiger partial charge in [-0.3, -0.25) is 9.69 Å². The van der Waals surface area contributed by atoms with Gasteiger partial charge >= 0.3 is 0 Å². The van der Waals surface area contributed by atoms with E-state index in [1.54, 1.807) is 0 Å². The molecule has 1 atom stereocenters. The molecule has 0 aliphatic carbocycles. The first kappa shape index (κ1) is 20.6. The number of benzene rings is 2. The van der Waals surface area contributed by atoms with E-state index in [0.29, 0.717) is 0 Å². The van der Waals surface area contributed by atoms with Crippen LogP contribution in [0.1, 0.15) is 48.7 Å². The molecule has 0 radical (unpaired) electrons. The normalized spacial score (nSPS) is 16.5. The summed E-state index contributed by atoms with van der Waals surface area (Å²) in [4.78, 5) is 15.1. The highest BCUT2D eigenvalue weighted by atomic mass is 16.5. The lowest BCUT2D eigenvalue weighted by Gasteiger charge is -2.29. The molecular weight excluding hydrogens is 348 g/mol. The van der Waals surface area contributed by atoms with E-state index in [4.69, 9.17) is 4.74 Å². The van der Waals surface area contributed by atoms with Crippen molar-refractivity contribution in [2.75, 3.05) is 26.3 Å². The van der Waals surface area contributed by atoms with Crippen molar-refractivity contribution in [2.45, 2.75) is 45.2 Å². The first-order valence-corrected chi connectivity index (χ1v) is 10.2. The first-order valence-electron chi connectivity index (χ1n) is 10.2. The fraction of sp³-hybridized carbons (Fsp3) is 0.458. The van der Waals surface area contributed by atoms with Gasteiger partial charge in [-0.2, -0.15) is 0 Å². The summed E-state index contributed by atoms with van der Waals surface area (Å²) in [6, 6.07) is 18.6. The Labute approximate surface area is 168 Å². The Morgan fingerprint density at radius 1 is 1.11 bits per heavy atom. The molecule has 28 heavy (non-hydrogen) atoms. The number of nitrogens with one attached hydrogen (secondary N) is 1. The van der Waals surface area contributed by atoms with Gasteiger partial charge in [0, 0.05) is 31.2 Å². The minimum atomic E-state index is 0.000175. The molecule has 1 amide bonds. The summed E-state index contributed by atoms with van der Waals surface area (Å²) in [7, 11) is 0. The monoisotopic (exact) mass is 380 g/mol. The van der Waals surface area contributed by atoms with Crippen LogP contribution >= 0.6 is 0 Å². The van der Waals surface area contributed by atoms with E-state index in [-0.39, 0.29) is 17.4 Å². The van der Waals surface area contributed by atoms with Gasteiger partial charge in [-0.25, -0.2) is 0 Å². The number of rotatable bonds is 7. The maximum atomic E-state index is 12.8. The van der Waals surface area contributed by atoms with E-state index >= 15 is 0 Å². The fourth-order valence-electron chi connectivity index (χ4n) is 3.96. The minimum absolute atomic E-state index is 0.000175. The molecule has 1 aliphatic rings. The molecule has 1 aliphatic heterocycles. The predicted octanol–water partition coefficient (Wildman–Crippen LogP) is 4.01. The molecule has 1 heterocycles. The molecule has 1 saturated heterocycles. The van der Waals surface area contributed by atoms with Crippen molar-refractivity contribution < 1.29 is 9.53 Å². The summed E-state index contributed by atoms with van der Waals surface area (Å²) in [6.45, 7) is 10.9. The molecule has 4 nitrogen and oxygen atoms in total. The number of carbonyl (C=O) groups is 1. The smallest absolute Gasteiger partial charge is 0.251 e. The molecule has 2 aromatic carbocycles. The molecule has 4 heteroatoms. The highest BCUT2D eigenvalue weighted by Gasteiger charge is 2.24. The van der Waals surface area contributed by atoms with Crippen LogP contribution in [0.5, 0.6) is 0 Å². The number of hydrogen-bond acceptors (Lipinski definition) is 3. The van der Waals surface area contributed by atoms with Crippen molar-refractivity contribution in [2.24, 2.45) is 0 Å². The molecule has 3 rings (SSSR count). The summed E-state index contributed by atoms with van der Waals surface area (Å²) in [6.07, 6.45) is 0.885. The van der Waals surface area contributed by atoms with Crippen molar-refractivity contribution >= 4 is 5.91 Å².